The van der Waals surface area contributed by atoms with Crippen molar-refractivity contribution in [2.75, 3.05) is 13.1 Å². The van der Waals surface area contributed by atoms with Crippen LogP contribution >= 0.6 is 0 Å². The number of halogens is 3. The first-order chi connectivity index (χ1) is 7.27. The number of unbranched alkanes of at least 4 members (excludes halogenated alkanes) is 1. The number of nitriles is 1. The van der Waals surface area contributed by atoms with Gasteiger partial charge in [-0.1, -0.05) is 0 Å². The van der Waals surface area contributed by atoms with Gasteiger partial charge in [0.1, 0.15) is 0 Å². The van der Waals surface area contributed by atoms with Crippen LogP contribution in [0.2, 0.25) is 0 Å². The van der Waals surface area contributed by atoms with E-state index in [2.05, 4.69) is 11.4 Å². The second kappa shape index (κ2) is 6.74. The first-order valence-electron chi connectivity index (χ1n) is 5.45. The normalized spacial score (nSPS) is 12.5. The smallest absolute Gasteiger partial charge is 0.317 e. The summed E-state index contributed by atoms with van der Waals surface area (Å²) in [5.41, 5.74) is -0.362. The lowest BCUT2D eigenvalue weighted by molar-refractivity contribution is -0.135. The highest BCUT2D eigenvalue weighted by atomic mass is 19.4. The first-order valence-corrected chi connectivity index (χ1v) is 5.45. The molecular weight excluding hydrogens is 217 g/mol. The van der Waals surface area contributed by atoms with Crippen molar-refractivity contribution in [2.24, 2.45) is 5.41 Å². The largest absolute Gasteiger partial charge is 0.389 e. The predicted molar refractivity (Wildman–Crippen MR) is 56.8 cm³/mol. The molecule has 0 unspecified atom stereocenters. The Bertz CT molecular complexity index is 228. The van der Waals surface area contributed by atoms with Crippen LogP contribution < -0.4 is 5.32 Å². The second-order valence-electron chi connectivity index (χ2n) is 4.57. The maximum atomic E-state index is 11.8. The summed E-state index contributed by atoms with van der Waals surface area (Å²) in [6.45, 7) is 4.95. The van der Waals surface area contributed by atoms with Crippen molar-refractivity contribution in [1.82, 2.24) is 5.32 Å². The molecule has 5 heteroatoms. The summed E-state index contributed by atoms with van der Waals surface area (Å²) in [5.74, 6) is 0. The van der Waals surface area contributed by atoms with Crippen LogP contribution in [0.15, 0.2) is 0 Å². The number of nitrogens with one attached hydrogen (secondary N) is 1. The summed E-state index contributed by atoms with van der Waals surface area (Å²) in [7, 11) is 0. The quantitative estimate of drug-likeness (QED) is 0.689. The molecule has 0 aliphatic heterocycles. The number of hydrogen-bond donors (Lipinski definition) is 1. The minimum atomic E-state index is -4.04. The zero-order valence-corrected chi connectivity index (χ0v) is 9.82. The maximum absolute atomic E-state index is 11.8. The Morgan fingerprint density at radius 3 is 2.19 bits per heavy atom. The van der Waals surface area contributed by atoms with E-state index in [0.29, 0.717) is 25.9 Å². The molecule has 0 heterocycles. The molecule has 0 bridgehead atoms. The van der Waals surface area contributed by atoms with Gasteiger partial charge in [-0.2, -0.15) is 18.4 Å². The van der Waals surface area contributed by atoms with Crippen LogP contribution in [0.25, 0.3) is 0 Å². The van der Waals surface area contributed by atoms with Gasteiger partial charge in [-0.05, 0) is 46.2 Å². The third-order valence-corrected chi connectivity index (χ3v) is 2.29. The van der Waals surface area contributed by atoms with Gasteiger partial charge in [-0.25, -0.2) is 0 Å². The number of hydrogen-bond acceptors (Lipinski definition) is 2. The molecule has 2 nitrogen and oxygen atoms in total. The molecule has 0 spiro atoms. The molecule has 16 heavy (non-hydrogen) atoms. The minimum absolute atomic E-state index is 0.165. The van der Waals surface area contributed by atoms with Crippen LogP contribution in [0.3, 0.4) is 0 Å². The first kappa shape index (κ1) is 15.2. The highest BCUT2D eigenvalue weighted by Crippen LogP contribution is 2.22. The zero-order valence-electron chi connectivity index (χ0n) is 9.82. The minimum Gasteiger partial charge on any atom is -0.317 e. The van der Waals surface area contributed by atoms with Crippen LogP contribution in [-0.4, -0.2) is 19.3 Å². The second-order valence-corrected chi connectivity index (χ2v) is 4.57. The van der Waals surface area contributed by atoms with E-state index in [4.69, 9.17) is 5.26 Å². The SMILES string of the molecule is CC(C)(C#N)CCNCCCCC(F)(F)F. The third-order valence-electron chi connectivity index (χ3n) is 2.29. The van der Waals surface area contributed by atoms with Crippen LogP contribution in [-0.2, 0) is 0 Å². The number of nitrogens with zero attached hydrogens (tertiary/aromatic N) is 1. The molecule has 0 radical (unpaired) electrons. The summed E-state index contributed by atoms with van der Waals surface area (Å²) in [4.78, 5) is 0. The van der Waals surface area contributed by atoms with E-state index < -0.39 is 12.6 Å². The van der Waals surface area contributed by atoms with E-state index >= 15 is 0 Å². The zero-order chi connectivity index (χ0) is 12.7. The summed E-state index contributed by atoms with van der Waals surface area (Å²) < 4.78 is 35.3. The Hall–Kier alpha value is -0.760. The molecule has 1 N–H and O–H groups in total. The van der Waals surface area contributed by atoms with E-state index in [1.54, 1.807) is 0 Å². The Morgan fingerprint density at radius 2 is 1.69 bits per heavy atom. The molecule has 0 aromatic rings. The molecule has 0 rings (SSSR count). The molecule has 0 aromatic heterocycles. The molecule has 0 amide bonds. The summed E-state index contributed by atoms with van der Waals surface area (Å²) in [6, 6.07) is 2.17. The standard InChI is InChI=1S/C11H19F3N2/c1-10(2,9-15)6-8-16-7-4-3-5-11(12,13)14/h16H,3-8H2,1-2H3. The number of alkyl halides is 3. The van der Waals surface area contributed by atoms with E-state index in [9.17, 15) is 13.2 Å². The van der Waals surface area contributed by atoms with Crippen molar-refractivity contribution in [1.29, 1.82) is 5.26 Å². The van der Waals surface area contributed by atoms with E-state index in [0.717, 1.165) is 0 Å². The fourth-order valence-electron chi connectivity index (χ4n) is 1.16. The van der Waals surface area contributed by atoms with Gasteiger partial charge >= 0.3 is 6.18 Å². The van der Waals surface area contributed by atoms with Crippen molar-refractivity contribution in [3.8, 4) is 6.07 Å². The Kier molecular flexibility index (Phi) is 6.42. The Morgan fingerprint density at radius 1 is 1.06 bits per heavy atom. The summed E-state index contributed by atoms with van der Waals surface area (Å²) in [5, 5.41) is 11.8. The molecule has 0 saturated carbocycles. The van der Waals surface area contributed by atoms with Gasteiger partial charge in [0, 0.05) is 6.42 Å². The van der Waals surface area contributed by atoms with Gasteiger partial charge in [0.05, 0.1) is 11.5 Å². The fourth-order valence-corrected chi connectivity index (χ4v) is 1.16. The van der Waals surface area contributed by atoms with Crippen LogP contribution in [0.1, 0.15) is 39.5 Å². The average molecular weight is 236 g/mol. The van der Waals surface area contributed by atoms with Gasteiger partial charge in [-0.3, -0.25) is 0 Å². The van der Waals surface area contributed by atoms with E-state index in [1.807, 2.05) is 13.8 Å². The highest BCUT2D eigenvalue weighted by molar-refractivity contribution is 4.91. The molecule has 0 atom stereocenters. The van der Waals surface area contributed by atoms with E-state index in [1.165, 1.54) is 0 Å². The average Bonchev–Trinajstić information content (AvgIpc) is 2.14. The van der Waals surface area contributed by atoms with Gasteiger partial charge < -0.3 is 5.32 Å². The molecule has 0 aliphatic rings. The molecule has 0 saturated heterocycles. The van der Waals surface area contributed by atoms with Gasteiger partial charge in [0.2, 0.25) is 0 Å². The van der Waals surface area contributed by atoms with Gasteiger partial charge in [0.15, 0.2) is 0 Å². The predicted octanol–water partition coefficient (Wildman–Crippen LogP) is 3.25. The summed E-state index contributed by atoms with van der Waals surface area (Å²) >= 11 is 0. The molecule has 0 aromatic carbocycles. The van der Waals surface area contributed by atoms with Crippen LogP contribution in [0, 0.1) is 16.7 Å². The lowest BCUT2D eigenvalue weighted by Gasteiger charge is -2.15. The van der Waals surface area contributed by atoms with Crippen molar-refractivity contribution in [3.05, 3.63) is 0 Å². The monoisotopic (exact) mass is 236 g/mol. The lowest BCUT2D eigenvalue weighted by Crippen LogP contribution is -2.22. The molecule has 0 fully saturated rings. The van der Waals surface area contributed by atoms with Crippen LogP contribution in [0.4, 0.5) is 13.2 Å². The lowest BCUT2D eigenvalue weighted by atomic mass is 9.91. The Labute approximate surface area is 94.8 Å². The highest BCUT2D eigenvalue weighted by Gasteiger charge is 2.25. The number of rotatable bonds is 7. The topological polar surface area (TPSA) is 35.8 Å². The summed E-state index contributed by atoms with van der Waals surface area (Å²) in [6.07, 6.45) is -3.35. The fraction of sp³-hybridized carbons (Fsp3) is 0.909. The molecule has 94 valence electrons. The van der Waals surface area contributed by atoms with Crippen LogP contribution in [0.5, 0.6) is 0 Å². The maximum Gasteiger partial charge on any atom is 0.389 e. The molecule has 0 aliphatic carbocycles. The van der Waals surface area contributed by atoms with E-state index in [-0.39, 0.29) is 11.8 Å². The van der Waals surface area contributed by atoms with Gasteiger partial charge in [-0.15, -0.1) is 0 Å². The van der Waals surface area contributed by atoms with Crippen molar-refractivity contribution >= 4 is 0 Å². The van der Waals surface area contributed by atoms with Crippen molar-refractivity contribution in [2.45, 2.75) is 45.7 Å². The Balaban J connectivity index is 3.33. The third kappa shape index (κ3) is 9.78. The van der Waals surface area contributed by atoms with Crippen molar-refractivity contribution in [3.63, 3.8) is 0 Å². The molecular formula is C11H19F3N2. The van der Waals surface area contributed by atoms with Gasteiger partial charge in [0.25, 0.3) is 0 Å². The van der Waals surface area contributed by atoms with Crippen molar-refractivity contribution < 1.29 is 13.2 Å².